The van der Waals surface area contributed by atoms with E-state index in [1.165, 1.54) is 0 Å². The third-order valence-electron chi connectivity index (χ3n) is 3.45. The molecule has 0 fully saturated rings. The number of nitrogens with zero attached hydrogens (tertiary/aromatic N) is 2. The largest absolute Gasteiger partial charge is 0.352 e. The molecular formula is C18H22ClN5O2. The molecule has 0 saturated carbocycles. The van der Waals surface area contributed by atoms with Crippen molar-refractivity contribution < 1.29 is 9.59 Å². The molecule has 3 N–H and O–H groups in total. The maximum atomic E-state index is 12.1. The number of carbonyl (C=O) groups is 2. The van der Waals surface area contributed by atoms with E-state index in [1.54, 1.807) is 18.2 Å². The zero-order valence-electron chi connectivity index (χ0n) is 15.0. The molecule has 2 rings (SSSR count). The van der Waals surface area contributed by atoms with Crippen molar-refractivity contribution in [3.63, 3.8) is 0 Å². The molecule has 3 amide bonds. The van der Waals surface area contributed by atoms with Gasteiger partial charge in [-0.25, -0.2) is 14.8 Å². The van der Waals surface area contributed by atoms with Crippen molar-refractivity contribution in [3.05, 3.63) is 52.1 Å². The Morgan fingerprint density at radius 2 is 1.77 bits per heavy atom. The van der Waals surface area contributed by atoms with Gasteiger partial charge in [0.25, 0.3) is 5.91 Å². The van der Waals surface area contributed by atoms with Crippen LogP contribution in [0.2, 0.25) is 5.02 Å². The maximum Gasteiger partial charge on any atom is 0.319 e. The molecule has 0 aliphatic heterocycles. The Morgan fingerprint density at radius 1 is 1.08 bits per heavy atom. The molecule has 0 radical (unpaired) electrons. The fourth-order valence-electron chi connectivity index (χ4n) is 2.31. The summed E-state index contributed by atoms with van der Waals surface area (Å²) in [6.45, 7) is 6.47. The van der Waals surface area contributed by atoms with Crippen LogP contribution in [-0.4, -0.2) is 28.5 Å². The van der Waals surface area contributed by atoms with Crippen molar-refractivity contribution in [2.24, 2.45) is 0 Å². The van der Waals surface area contributed by atoms with Gasteiger partial charge >= 0.3 is 6.03 Å². The fraction of sp³-hybridized carbons (Fsp3) is 0.333. The molecule has 0 spiro atoms. The molecule has 0 aliphatic carbocycles. The van der Waals surface area contributed by atoms with Crippen LogP contribution in [0.3, 0.4) is 0 Å². The van der Waals surface area contributed by atoms with E-state index in [9.17, 15) is 9.59 Å². The lowest BCUT2D eigenvalue weighted by molar-refractivity contribution is 0.0953. The molecule has 2 aromatic rings. The van der Waals surface area contributed by atoms with E-state index in [2.05, 4.69) is 25.9 Å². The van der Waals surface area contributed by atoms with Gasteiger partial charge in [0.1, 0.15) is 5.82 Å². The first-order valence-electron chi connectivity index (χ1n) is 8.32. The number of carbonyl (C=O) groups excluding carboxylic acids is 2. The Balaban J connectivity index is 2.00. The molecule has 8 heteroatoms. The Morgan fingerprint density at radius 3 is 2.42 bits per heavy atom. The Hall–Kier alpha value is -2.67. The number of benzene rings is 1. The molecule has 0 bridgehead atoms. The number of anilines is 1. The average molecular weight is 376 g/mol. The molecule has 0 atom stereocenters. The lowest BCUT2D eigenvalue weighted by atomic mass is 10.2. The number of aromatic nitrogens is 2. The fourth-order valence-corrected chi connectivity index (χ4v) is 2.47. The molecule has 1 heterocycles. The predicted octanol–water partition coefficient (Wildman–Crippen LogP) is 3.21. The molecule has 26 heavy (non-hydrogen) atoms. The third-order valence-corrected chi connectivity index (χ3v) is 3.78. The number of hydrogen-bond donors (Lipinski definition) is 3. The lowest BCUT2D eigenvalue weighted by Gasteiger charge is -2.11. The minimum absolute atomic E-state index is 0.183. The molecule has 1 aromatic heterocycles. The first-order chi connectivity index (χ1) is 12.4. The average Bonchev–Trinajstić information content (AvgIpc) is 2.59. The SMILES string of the molecule is CCCNC(=O)c1ccc(Cl)c(NC(=O)NCc2nc(C)cc(C)n2)c1. The van der Waals surface area contributed by atoms with Crippen molar-refractivity contribution in [2.75, 3.05) is 11.9 Å². The smallest absolute Gasteiger partial charge is 0.319 e. The van der Waals surface area contributed by atoms with Crippen LogP contribution in [0, 0.1) is 13.8 Å². The quantitative estimate of drug-likeness (QED) is 0.722. The zero-order chi connectivity index (χ0) is 19.1. The van der Waals surface area contributed by atoms with Crippen LogP contribution in [0.5, 0.6) is 0 Å². The van der Waals surface area contributed by atoms with Gasteiger partial charge in [-0.1, -0.05) is 18.5 Å². The van der Waals surface area contributed by atoms with Crippen LogP contribution in [0.4, 0.5) is 10.5 Å². The summed E-state index contributed by atoms with van der Waals surface area (Å²) in [5, 5.41) is 8.44. The molecule has 0 unspecified atom stereocenters. The maximum absolute atomic E-state index is 12.1. The molecule has 7 nitrogen and oxygen atoms in total. The predicted molar refractivity (Wildman–Crippen MR) is 101 cm³/mol. The highest BCUT2D eigenvalue weighted by molar-refractivity contribution is 6.33. The van der Waals surface area contributed by atoms with Crippen molar-refractivity contribution in [2.45, 2.75) is 33.7 Å². The van der Waals surface area contributed by atoms with Crippen LogP contribution in [-0.2, 0) is 6.54 Å². The van der Waals surface area contributed by atoms with E-state index in [0.29, 0.717) is 28.6 Å². The normalized spacial score (nSPS) is 10.3. The van der Waals surface area contributed by atoms with Crippen molar-refractivity contribution in [1.82, 2.24) is 20.6 Å². The van der Waals surface area contributed by atoms with Gasteiger partial charge in [-0.15, -0.1) is 0 Å². The Kier molecular flexibility index (Phi) is 6.91. The summed E-state index contributed by atoms with van der Waals surface area (Å²) < 4.78 is 0. The molecule has 1 aromatic carbocycles. The number of halogens is 1. The second-order valence-corrected chi connectivity index (χ2v) is 6.23. The number of aryl methyl sites for hydroxylation is 2. The van der Waals surface area contributed by atoms with Crippen molar-refractivity contribution in [1.29, 1.82) is 0 Å². The van der Waals surface area contributed by atoms with Crippen molar-refractivity contribution in [3.8, 4) is 0 Å². The second-order valence-electron chi connectivity index (χ2n) is 5.83. The van der Waals surface area contributed by atoms with Crippen LogP contribution in [0.15, 0.2) is 24.3 Å². The number of amides is 3. The lowest BCUT2D eigenvalue weighted by Crippen LogP contribution is -2.29. The van der Waals surface area contributed by atoms with E-state index in [-0.39, 0.29) is 12.5 Å². The molecule has 0 saturated heterocycles. The summed E-state index contributed by atoms with van der Waals surface area (Å²) >= 11 is 6.11. The number of urea groups is 1. The van der Waals surface area contributed by atoms with Crippen LogP contribution in [0.25, 0.3) is 0 Å². The Labute approximate surface area is 157 Å². The van der Waals surface area contributed by atoms with Gasteiger partial charge in [-0.2, -0.15) is 0 Å². The highest BCUT2D eigenvalue weighted by Crippen LogP contribution is 2.23. The van der Waals surface area contributed by atoms with E-state index >= 15 is 0 Å². The van der Waals surface area contributed by atoms with Gasteiger partial charge in [0.05, 0.1) is 17.3 Å². The first-order valence-corrected chi connectivity index (χ1v) is 8.70. The van der Waals surface area contributed by atoms with Gasteiger partial charge in [-0.3, -0.25) is 4.79 Å². The summed E-state index contributed by atoms with van der Waals surface area (Å²) in [5.41, 5.74) is 2.46. The van der Waals surface area contributed by atoms with E-state index in [4.69, 9.17) is 11.6 Å². The summed E-state index contributed by atoms with van der Waals surface area (Å²) in [6, 6.07) is 6.13. The molecule has 138 valence electrons. The molecular weight excluding hydrogens is 354 g/mol. The zero-order valence-corrected chi connectivity index (χ0v) is 15.8. The van der Waals surface area contributed by atoms with Crippen LogP contribution >= 0.6 is 11.6 Å². The summed E-state index contributed by atoms with van der Waals surface area (Å²) in [4.78, 5) is 32.7. The summed E-state index contributed by atoms with van der Waals surface area (Å²) in [7, 11) is 0. The van der Waals surface area contributed by atoms with Crippen LogP contribution < -0.4 is 16.0 Å². The Bertz CT molecular complexity index is 790. The topological polar surface area (TPSA) is 96.0 Å². The van der Waals surface area contributed by atoms with Gasteiger partial charge in [0, 0.05) is 23.5 Å². The highest BCUT2D eigenvalue weighted by Gasteiger charge is 2.11. The summed E-state index contributed by atoms with van der Waals surface area (Å²) in [5.74, 6) is 0.312. The minimum Gasteiger partial charge on any atom is -0.352 e. The van der Waals surface area contributed by atoms with E-state index in [0.717, 1.165) is 17.8 Å². The third kappa shape index (κ3) is 5.70. The van der Waals surface area contributed by atoms with Crippen LogP contribution in [0.1, 0.15) is 40.9 Å². The summed E-state index contributed by atoms with van der Waals surface area (Å²) in [6.07, 6.45) is 0.841. The highest BCUT2D eigenvalue weighted by atomic mass is 35.5. The second kappa shape index (κ2) is 9.15. The van der Waals surface area contributed by atoms with Gasteiger partial charge in [0.15, 0.2) is 0 Å². The number of hydrogen-bond acceptors (Lipinski definition) is 4. The van der Waals surface area contributed by atoms with Gasteiger partial charge < -0.3 is 16.0 Å². The number of rotatable bonds is 6. The standard InChI is InChI=1S/C18H22ClN5O2/c1-4-7-20-17(25)13-5-6-14(19)15(9-13)24-18(26)21-10-16-22-11(2)8-12(3)23-16/h5-6,8-9H,4,7,10H2,1-3H3,(H,20,25)(H2,21,24,26). The van der Waals surface area contributed by atoms with Gasteiger partial charge in [-0.05, 0) is 44.5 Å². The van der Waals surface area contributed by atoms with Gasteiger partial charge in [0.2, 0.25) is 0 Å². The number of nitrogens with one attached hydrogen (secondary N) is 3. The molecule has 0 aliphatic rings. The minimum atomic E-state index is -0.458. The van der Waals surface area contributed by atoms with E-state index in [1.807, 2.05) is 26.8 Å². The monoisotopic (exact) mass is 375 g/mol. The van der Waals surface area contributed by atoms with E-state index < -0.39 is 6.03 Å². The first kappa shape index (κ1) is 19.7. The van der Waals surface area contributed by atoms with Crippen molar-refractivity contribution >= 4 is 29.2 Å².